The molecule has 2 aliphatic rings. The second-order valence-corrected chi connectivity index (χ2v) is 7.12. The molecule has 1 N–H and O–H groups in total. The second-order valence-electron chi connectivity index (χ2n) is 7.12. The summed E-state index contributed by atoms with van der Waals surface area (Å²) in [7, 11) is 1.80. The Labute approximate surface area is 147 Å². The maximum absolute atomic E-state index is 12.4. The third-order valence-corrected chi connectivity index (χ3v) is 5.06. The number of hydrogen-bond donors (Lipinski definition) is 1. The summed E-state index contributed by atoms with van der Waals surface area (Å²) in [5.74, 6) is 1.53. The lowest BCUT2D eigenvalue weighted by molar-refractivity contribution is 0.0921. The van der Waals surface area contributed by atoms with Crippen LogP contribution in [0.1, 0.15) is 53.5 Å². The fourth-order valence-electron chi connectivity index (χ4n) is 3.44. The predicted molar refractivity (Wildman–Crippen MR) is 94.7 cm³/mol. The summed E-state index contributed by atoms with van der Waals surface area (Å²) < 4.78 is 1.64. The quantitative estimate of drug-likeness (QED) is 0.918. The van der Waals surface area contributed by atoms with Gasteiger partial charge in [0, 0.05) is 32.1 Å². The summed E-state index contributed by atoms with van der Waals surface area (Å²) in [6, 6.07) is 6.20. The van der Waals surface area contributed by atoms with E-state index in [1.807, 2.05) is 13.0 Å². The van der Waals surface area contributed by atoms with E-state index in [0.717, 1.165) is 43.1 Å². The summed E-state index contributed by atoms with van der Waals surface area (Å²) in [5, 5.41) is 16.1. The molecule has 0 spiro atoms. The van der Waals surface area contributed by atoms with Gasteiger partial charge < -0.3 is 10.2 Å². The fourth-order valence-corrected chi connectivity index (χ4v) is 3.44. The third-order valence-electron chi connectivity index (χ3n) is 5.06. The standard InChI is InChI=1S/C18H24N6O/c1-12-11-16(23(2)22-12)18(25)19-14-7-9-24(10-8-14)17-6-5-15(20-21-17)13-3-4-13/h5-6,11,13-14H,3-4,7-10H2,1-2H3,(H,19,25). The van der Waals surface area contributed by atoms with E-state index in [4.69, 9.17) is 0 Å². The van der Waals surface area contributed by atoms with Gasteiger partial charge >= 0.3 is 0 Å². The van der Waals surface area contributed by atoms with Crippen LogP contribution in [0, 0.1) is 6.92 Å². The van der Waals surface area contributed by atoms with Crippen LogP contribution < -0.4 is 10.2 Å². The van der Waals surface area contributed by atoms with Gasteiger partial charge in [0.05, 0.1) is 11.4 Å². The highest BCUT2D eigenvalue weighted by Crippen LogP contribution is 2.38. The van der Waals surface area contributed by atoms with Crippen molar-refractivity contribution < 1.29 is 4.79 Å². The van der Waals surface area contributed by atoms with Crippen molar-refractivity contribution in [1.29, 1.82) is 0 Å². The number of nitrogens with zero attached hydrogens (tertiary/aromatic N) is 5. The molecular formula is C18H24N6O. The number of rotatable bonds is 4. The number of carbonyl (C=O) groups is 1. The molecule has 0 aromatic carbocycles. The van der Waals surface area contributed by atoms with Crippen molar-refractivity contribution in [1.82, 2.24) is 25.3 Å². The first-order chi connectivity index (χ1) is 12.1. The molecule has 1 aliphatic heterocycles. The molecule has 0 atom stereocenters. The monoisotopic (exact) mass is 340 g/mol. The fraction of sp³-hybridized carbons (Fsp3) is 0.556. The molecule has 1 saturated heterocycles. The van der Waals surface area contributed by atoms with Crippen LogP contribution in [0.4, 0.5) is 5.82 Å². The zero-order chi connectivity index (χ0) is 17.4. The van der Waals surface area contributed by atoms with Gasteiger partial charge in [0.15, 0.2) is 5.82 Å². The Morgan fingerprint density at radius 3 is 2.48 bits per heavy atom. The highest BCUT2D eigenvalue weighted by atomic mass is 16.2. The molecule has 7 heteroatoms. The Morgan fingerprint density at radius 1 is 1.16 bits per heavy atom. The second kappa shape index (κ2) is 6.46. The van der Waals surface area contributed by atoms with Crippen molar-refractivity contribution in [3.05, 3.63) is 35.3 Å². The number of carbonyl (C=O) groups excluding carboxylic acids is 1. The minimum absolute atomic E-state index is 0.0462. The van der Waals surface area contributed by atoms with Crippen LogP contribution in [-0.2, 0) is 7.05 Å². The van der Waals surface area contributed by atoms with E-state index in [0.29, 0.717) is 11.6 Å². The molecule has 0 bridgehead atoms. The van der Waals surface area contributed by atoms with Gasteiger partial charge in [-0.25, -0.2) is 0 Å². The van der Waals surface area contributed by atoms with Gasteiger partial charge in [-0.05, 0) is 50.8 Å². The van der Waals surface area contributed by atoms with Crippen molar-refractivity contribution in [2.24, 2.45) is 7.05 Å². The highest BCUT2D eigenvalue weighted by Gasteiger charge is 2.26. The Bertz CT molecular complexity index is 756. The average molecular weight is 340 g/mol. The normalized spacial score (nSPS) is 18.4. The van der Waals surface area contributed by atoms with E-state index in [1.54, 1.807) is 11.7 Å². The van der Waals surface area contributed by atoms with Crippen molar-refractivity contribution in [2.75, 3.05) is 18.0 Å². The summed E-state index contributed by atoms with van der Waals surface area (Å²) in [5.41, 5.74) is 2.59. The van der Waals surface area contributed by atoms with Crippen LogP contribution in [-0.4, -0.2) is 45.0 Å². The molecule has 2 aromatic rings. The summed E-state index contributed by atoms with van der Waals surface area (Å²) >= 11 is 0. The molecule has 0 unspecified atom stereocenters. The van der Waals surface area contributed by atoms with Crippen LogP contribution in [0.5, 0.6) is 0 Å². The minimum Gasteiger partial charge on any atom is -0.355 e. The molecule has 132 valence electrons. The predicted octanol–water partition coefficient (Wildman–Crippen LogP) is 1.79. The zero-order valence-corrected chi connectivity index (χ0v) is 14.8. The van der Waals surface area contributed by atoms with Crippen LogP contribution in [0.15, 0.2) is 18.2 Å². The first-order valence-corrected chi connectivity index (χ1v) is 9.00. The first kappa shape index (κ1) is 16.1. The number of aryl methyl sites for hydroxylation is 2. The van der Waals surface area contributed by atoms with Crippen LogP contribution in [0.25, 0.3) is 0 Å². The van der Waals surface area contributed by atoms with E-state index in [9.17, 15) is 4.79 Å². The summed E-state index contributed by atoms with van der Waals surface area (Å²) in [6.07, 6.45) is 4.31. The molecule has 7 nitrogen and oxygen atoms in total. The Kier molecular flexibility index (Phi) is 4.15. The van der Waals surface area contributed by atoms with Crippen molar-refractivity contribution in [3.63, 3.8) is 0 Å². The topological polar surface area (TPSA) is 75.9 Å². The zero-order valence-electron chi connectivity index (χ0n) is 14.8. The smallest absolute Gasteiger partial charge is 0.269 e. The van der Waals surface area contributed by atoms with E-state index >= 15 is 0 Å². The van der Waals surface area contributed by atoms with Gasteiger partial charge in [0.25, 0.3) is 5.91 Å². The maximum Gasteiger partial charge on any atom is 0.269 e. The molecule has 25 heavy (non-hydrogen) atoms. The maximum atomic E-state index is 12.4. The molecular weight excluding hydrogens is 316 g/mol. The Balaban J connectivity index is 1.32. The first-order valence-electron chi connectivity index (χ1n) is 9.00. The lowest BCUT2D eigenvalue weighted by Gasteiger charge is -2.32. The molecule has 1 amide bonds. The van der Waals surface area contributed by atoms with Gasteiger partial charge in [0.2, 0.25) is 0 Å². The molecule has 2 fully saturated rings. The van der Waals surface area contributed by atoms with Crippen LogP contribution in [0.3, 0.4) is 0 Å². The molecule has 1 saturated carbocycles. The van der Waals surface area contributed by atoms with E-state index in [2.05, 4.69) is 37.6 Å². The van der Waals surface area contributed by atoms with Crippen molar-refractivity contribution >= 4 is 11.7 Å². The van der Waals surface area contributed by atoms with E-state index in [1.165, 1.54) is 12.8 Å². The largest absolute Gasteiger partial charge is 0.355 e. The molecule has 4 rings (SSSR count). The van der Waals surface area contributed by atoms with E-state index < -0.39 is 0 Å². The van der Waals surface area contributed by atoms with Gasteiger partial charge in [0.1, 0.15) is 5.69 Å². The summed E-state index contributed by atoms with van der Waals surface area (Å²) in [6.45, 7) is 3.66. The van der Waals surface area contributed by atoms with Gasteiger partial charge in [-0.1, -0.05) is 0 Å². The number of anilines is 1. The summed E-state index contributed by atoms with van der Waals surface area (Å²) in [4.78, 5) is 14.6. The molecule has 0 radical (unpaired) electrons. The van der Waals surface area contributed by atoms with Gasteiger partial charge in [-0.3, -0.25) is 9.48 Å². The van der Waals surface area contributed by atoms with E-state index in [-0.39, 0.29) is 11.9 Å². The van der Waals surface area contributed by atoms with Crippen molar-refractivity contribution in [3.8, 4) is 0 Å². The van der Waals surface area contributed by atoms with Crippen LogP contribution in [0.2, 0.25) is 0 Å². The van der Waals surface area contributed by atoms with Gasteiger partial charge in [-0.15, -0.1) is 5.10 Å². The average Bonchev–Trinajstić information content (AvgIpc) is 3.40. The van der Waals surface area contributed by atoms with Gasteiger partial charge in [-0.2, -0.15) is 10.2 Å². The Hall–Kier alpha value is -2.44. The third kappa shape index (κ3) is 3.50. The number of piperidine rings is 1. The molecule has 2 aromatic heterocycles. The number of amides is 1. The SMILES string of the molecule is Cc1cc(C(=O)NC2CCN(c3ccc(C4CC4)nn3)CC2)n(C)n1. The van der Waals surface area contributed by atoms with Crippen LogP contribution >= 0.6 is 0 Å². The molecule has 3 heterocycles. The minimum atomic E-state index is -0.0462. The Morgan fingerprint density at radius 2 is 1.92 bits per heavy atom. The number of aromatic nitrogens is 4. The lowest BCUT2D eigenvalue weighted by Crippen LogP contribution is -2.45. The highest BCUT2D eigenvalue weighted by molar-refractivity contribution is 5.92. The lowest BCUT2D eigenvalue weighted by atomic mass is 10.0. The van der Waals surface area contributed by atoms with Crippen molar-refractivity contribution in [2.45, 2.75) is 44.6 Å². The number of hydrogen-bond acceptors (Lipinski definition) is 5. The number of nitrogens with one attached hydrogen (secondary N) is 1. The molecule has 1 aliphatic carbocycles.